The number of rotatable bonds is 4. The van der Waals surface area contributed by atoms with E-state index in [2.05, 4.69) is 39.8 Å². The van der Waals surface area contributed by atoms with Crippen LogP contribution in [0, 0.1) is 6.92 Å². The number of hydrogen-bond acceptors (Lipinski definition) is 2. The molecule has 0 radical (unpaired) electrons. The minimum absolute atomic E-state index is 0.126. The molecule has 0 heterocycles. The Morgan fingerprint density at radius 1 is 1.33 bits per heavy atom. The highest BCUT2D eigenvalue weighted by Gasteiger charge is 2.18. The molecule has 0 spiro atoms. The third-order valence-electron chi connectivity index (χ3n) is 2.67. The van der Waals surface area contributed by atoms with Gasteiger partial charge in [-0.2, -0.15) is 0 Å². The van der Waals surface area contributed by atoms with Crippen LogP contribution >= 0.6 is 0 Å². The normalized spacial score (nSPS) is 11.5. The van der Waals surface area contributed by atoms with Gasteiger partial charge in [0.25, 0.3) is 0 Å². The van der Waals surface area contributed by atoms with Crippen LogP contribution in [-0.2, 0) is 6.54 Å². The van der Waals surface area contributed by atoms with Crippen molar-refractivity contribution in [2.75, 3.05) is 0 Å². The van der Waals surface area contributed by atoms with E-state index in [0.717, 1.165) is 17.7 Å². The summed E-state index contributed by atoms with van der Waals surface area (Å²) in [7, 11) is 0. The summed E-state index contributed by atoms with van der Waals surface area (Å²) in [5, 5.41) is 0. The van der Waals surface area contributed by atoms with E-state index in [1.807, 2.05) is 6.07 Å². The van der Waals surface area contributed by atoms with Gasteiger partial charge in [0, 0.05) is 12.1 Å². The first-order chi connectivity index (χ1) is 6.98. The van der Waals surface area contributed by atoms with Gasteiger partial charge in [-0.05, 0) is 33.3 Å². The molecule has 0 aliphatic heterocycles. The van der Waals surface area contributed by atoms with E-state index in [1.54, 1.807) is 0 Å². The Hall–Kier alpha value is -1.02. The maximum atomic E-state index is 5.95. The molecule has 2 heteroatoms. The molecule has 1 rings (SSSR count). The van der Waals surface area contributed by atoms with Crippen molar-refractivity contribution >= 4 is 0 Å². The standard InChI is InChI=1S/C13H21NO/c1-5-13(3,4)15-12-7-6-10(2)8-11(12)9-14/h6-8H,5,9,14H2,1-4H3. The number of aryl methyl sites for hydroxylation is 1. The van der Waals surface area contributed by atoms with Crippen molar-refractivity contribution in [2.45, 2.75) is 46.3 Å². The Balaban J connectivity index is 2.94. The molecule has 0 aliphatic carbocycles. The van der Waals surface area contributed by atoms with Crippen molar-refractivity contribution in [1.82, 2.24) is 0 Å². The number of nitrogens with two attached hydrogens (primary N) is 1. The predicted molar refractivity (Wildman–Crippen MR) is 64.1 cm³/mol. The highest BCUT2D eigenvalue weighted by molar-refractivity contribution is 5.37. The van der Waals surface area contributed by atoms with Gasteiger partial charge in [0.1, 0.15) is 11.4 Å². The highest BCUT2D eigenvalue weighted by Crippen LogP contribution is 2.25. The molecule has 0 saturated heterocycles. The fraction of sp³-hybridized carbons (Fsp3) is 0.538. The van der Waals surface area contributed by atoms with Crippen LogP contribution in [0.5, 0.6) is 5.75 Å². The molecule has 0 atom stereocenters. The van der Waals surface area contributed by atoms with E-state index in [4.69, 9.17) is 10.5 Å². The lowest BCUT2D eigenvalue weighted by molar-refractivity contribution is 0.104. The minimum Gasteiger partial charge on any atom is -0.488 e. The van der Waals surface area contributed by atoms with Crippen LogP contribution < -0.4 is 10.5 Å². The lowest BCUT2D eigenvalue weighted by Gasteiger charge is -2.26. The molecule has 0 fully saturated rings. The third kappa shape index (κ3) is 3.24. The molecule has 1 aromatic carbocycles. The van der Waals surface area contributed by atoms with Gasteiger partial charge in [-0.1, -0.05) is 24.6 Å². The average Bonchev–Trinajstić information content (AvgIpc) is 2.20. The quantitative estimate of drug-likeness (QED) is 0.823. The zero-order valence-corrected chi connectivity index (χ0v) is 10.1. The van der Waals surface area contributed by atoms with Crippen LogP contribution in [0.15, 0.2) is 18.2 Å². The predicted octanol–water partition coefficient (Wildman–Crippen LogP) is 3.02. The van der Waals surface area contributed by atoms with E-state index in [9.17, 15) is 0 Å². The summed E-state index contributed by atoms with van der Waals surface area (Å²) in [6, 6.07) is 6.15. The van der Waals surface area contributed by atoms with Gasteiger partial charge in [0.2, 0.25) is 0 Å². The van der Waals surface area contributed by atoms with Gasteiger partial charge in [-0.25, -0.2) is 0 Å². The second-order valence-corrected chi connectivity index (χ2v) is 4.53. The fourth-order valence-corrected chi connectivity index (χ4v) is 1.34. The van der Waals surface area contributed by atoms with Crippen molar-refractivity contribution in [3.63, 3.8) is 0 Å². The molecule has 84 valence electrons. The molecule has 0 bridgehead atoms. The molecule has 1 aromatic rings. The maximum absolute atomic E-state index is 5.95. The molecule has 2 N–H and O–H groups in total. The van der Waals surface area contributed by atoms with Crippen LogP contribution in [0.25, 0.3) is 0 Å². The molecule has 15 heavy (non-hydrogen) atoms. The van der Waals surface area contributed by atoms with Gasteiger partial charge in [0.15, 0.2) is 0 Å². The molecule has 0 aliphatic rings. The Bertz CT molecular complexity index is 331. The van der Waals surface area contributed by atoms with Crippen molar-refractivity contribution in [3.05, 3.63) is 29.3 Å². The summed E-state index contributed by atoms with van der Waals surface area (Å²) >= 11 is 0. The SMILES string of the molecule is CCC(C)(C)Oc1ccc(C)cc1CN. The largest absolute Gasteiger partial charge is 0.488 e. The summed E-state index contributed by atoms with van der Waals surface area (Å²) in [4.78, 5) is 0. The highest BCUT2D eigenvalue weighted by atomic mass is 16.5. The monoisotopic (exact) mass is 207 g/mol. The second-order valence-electron chi connectivity index (χ2n) is 4.53. The first kappa shape index (κ1) is 12.1. The average molecular weight is 207 g/mol. The van der Waals surface area contributed by atoms with E-state index in [1.165, 1.54) is 5.56 Å². The van der Waals surface area contributed by atoms with Crippen LogP contribution in [0.4, 0.5) is 0 Å². The minimum atomic E-state index is -0.126. The number of ether oxygens (including phenoxy) is 1. The Labute approximate surface area is 92.4 Å². The summed E-state index contributed by atoms with van der Waals surface area (Å²) in [6.07, 6.45) is 0.977. The lowest BCUT2D eigenvalue weighted by atomic mass is 10.1. The van der Waals surface area contributed by atoms with E-state index >= 15 is 0 Å². The molecule has 0 amide bonds. The van der Waals surface area contributed by atoms with Crippen molar-refractivity contribution in [3.8, 4) is 5.75 Å². The van der Waals surface area contributed by atoms with Crippen molar-refractivity contribution in [2.24, 2.45) is 5.73 Å². The number of benzene rings is 1. The lowest BCUT2D eigenvalue weighted by Crippen LogP contribution is -2.27. The summed E-state index contributed by atoms with van der Waals surface area (Å²) < 4.78 is 5.95. The van der Waals surface area contributed by atoms with Gasteiger partial charge in [0.05, 0.1) is 0 Å². The van der Waals surface area contributed by atoms with Gasteiger partial charge in [-0.15, -0.1) is 0 Å². The zero-order chi connectivity index (χ0) is 11.5. The van der Waals surface area contributed by atoms with Crippen LogP contribution in [0.1, 0.15) is 38.3 Å². The molecule has 0 unspecified atom stereocenters. The molecule has 2 nitrogen and oxygen atoms in total. The van der Waals surface area contributed by atoms with E-state index in [-0.39, 0.29) is 5.60 Å². The first-order valence-corrected chi connectivity index (χ1v) is 5.47. The smallest absolute Gasteiger partial charge is 0.124 e. The van der Waals surface area contributed by atoms with Crippen LogP contribution in [0.3, 0.4) is 0 Å². The number of hydrogen-bond donors (Lipinski definition) is 1. The Kier molecular flexibility index (Phi) is 3.75. The van der Waals surface area contributed by atoms with Gasteiger partial charge < -0.3 is 10.5 Å². The summed E-state index contributed by atoms with van der Waals surface area (Å²) in [6.45, 7) is 8.89. The molecular weight excluding hydrogens is 186 g/mol. The van der Waals surface area contributed by atoms with Crippen molar-refractivity contribution < 1.29 is 4.74 Å². The van der Waals surface area contributed by atoms with Gasteiger partial charge in [-0.3, -0.25) is 0 Å². The second kappa shape index (κ2) is 4.67. The summed E-state index contributed by atoms with van der Waals surface area (Å²) in [5.74, 6) is 0.912. The third-order valence-corrected chi connectivity index (χ3v) is 2.67. The Morgan fingerprint density at radius 2 is 2.00 bits per heavy atom. The molecule has 0 aromatic heterocycles. The fourth-order valence-electron chi connectivity index (χ4n) is 1.34. The summed E-state index contributed by atoms with van der Waals surface area (Å²) in [5.41, 5.74) is 7.87. The van der Waals surface area contributed by atoms with Crippen LogP contribution in [-0.4, -0.2) is 5.60 Å². The van der Waals surface area contributed by atoms with E-state index in [0.29, 0.717) is 6.54 Å². The topological polar surface area (TPSA) is 35.2 Å². The zero-order valence-electron chi connectivity index (χ0n) is 10.1. The van der Waals surface area contributed by atoms with Crippen molar-refractivity contribution in [1.29, 1.82) is 0 Å². The first-order valence-electron chi connectivity index (χ1n) is 5.47. The Morgan fingerprint density at radius 3 is 2.53 bits per heavy atom. The maximum Gasteiger partial charge on any atom is 0.124 e. The van der Waals surface area contributed by atoms with Gasteiger partial charge >= 0.3 is 0 Å². The molecular formula is C13H21NO. The van der Waals surface area contributed by atoms with E-state index < -0.39 is 0 Å². The molecule has 0 saturated carbocycles. The van der Waals surface area contributed by atoms with Crippen LogP contribution in [0.2, 0.25) is 0 Å².